The Bertz CT molecular complexity index is 776. The lowest BCUT2D eigenvalue weighted by Crippen LogP contribution is -2.48. The van der Waals surface area contributed by atoms with Crippen molar-refractivity contribution < 1.29 is 9.53 Å². The predicted octanol–water partition coefficient (Wildman–Crippen LogP) is 3.26. The number of nitrogens with zero attached hydrogens (tertiary/aromatic N) is 3. The average Bonchev–Trinajstić information content (AvgIpc) is 3.28. The third kappa shape index (κ3) is 3.87. The molecule has 2 aromatic carbocycles. The standard InChI is InChI=1S/C22H27N3O2/c1-27-21-6-4-5-18(17-21)22(26)25-15-13-24(14-16-25)20-9-7-19(8-10-20)23-11-2-3-12-23/h4-10,17H,2-3,11-16H2,1H3. The summed E-state index contributed by atoms with van der Waals surface area (Å²) in [6.45, 7) is 5.54. The molecule has 2 aliphatic rings. The highest BCUT2D eigenvalue weighted by atomic mass is 16.5. The second kappa shape index (κ2) is 7.91. The molecule has 2 saturated heterocycles. The van der Waals surface area contributed by atoms with Gasteiger partial charge in [-0.05, 0) is 55.3 Å². The van der Waals surface area contributed by atoms with Gasteiger partial charge < -0.3 is 19.4 Å². The van der Waals surface area contributed by atoms with Gasteiger partial charge in [-0.2, -0.15) is 0 Å². The quantitative estimate of drug-likeness (QED) is 0.833. The van der Waals surface area contributed by atoms with Gasteiger partial charge in [0.1, 0.15) is 5.75 Å². The fraction of sp³-hybridized carbons (Fsp3) is 0.409. The lowest BCUT2D eigenvalue weighted by atomic mass is 10.1. The summed E-state index contributed by atoms with van der Waals surface area (Å²) in [5, 5.41) is 0. The SMILES string of the molecule is COc1cccc(C(=O)N2CCN(c3ccc(N4CCCC4)cc3)CC2)c1. The molecule has 2 heterocycles. The molecule has 0 spiro atoms. The first-order chi connectivity index (χ1) is 13.2. The Morgan fingerprint density at radius 2 is 1.41 bits per heavy atom. The maximum atomic E-state index is 12.7. The number of ether oxygens (including phenoxy) is 1. The second-order valence-corrected chi connectivity index (χ2v) is 7.22. The van der Waals surface area contributed by atoms with E-state index < -0.39 is 0 Å². The summed E-state index contributed by atoms with van der Waals surface area (Å²) in [5.41, 5.74) is 3.26. The first kappa shape index (κ1) is 17.7. The van der Waals surface area contributed by atoms with Gasteiger partial charge in [-0.3, -0.25) is 4.79 Å². The first-order valence-electron chi connectivity index (χ1n) is 9.78. The summed E-state index contributed by atoms with van der Waals surface area (Å²) < 4.78 is 5.23. The van der Waals surface area contributed by atoms with Crippen LogP contribution < -0.4 is 14.5 Å². The second-order valence-electron chi connectivity index (χ2n) is 7.22. The molecule has 2 fully saturated rings. The summed E-state index contributed by atoms with van der Waals surface area (Å²) in [7, 11) is 1.62. The van der Waals surface area contributed by atoms with Crippen molar-refractivity contribution in [2.75, 3.05) is 56.2 Å². The molecular weight excluding hydrogens is 338 g/mol. The Morgan fingerprint density at radius 3 is 2.00 bits per heavy atom. The molecule has 0 unspecified atom stereocenters. The minimum Gasteiger partial charge on any atom is -0.497 e. The van der Waals surface area contributed by atoms with Crippen LogP contribution in [0.4, 0.5) is 11.4 Å². The van der Waals surface area contributed by atoms with Crippen LogP contribution in [0.15, 0.2) is 48.5 Å². The minimum absolute atomic E-state index is 0.0814. The molecule has 142 valence electrons. The molecule has 1 amide bonds. The van der Waals surface area contributed by atoms with Crippen LogP contribution in [0, 0.1) is 0 Å². The lowest BCUT2D eigenvalue weighted by molar-refractivity contribution is 0.0746. The Morgan fingerprint density at radius 1 is 0.815 bits per heavy atom. The highest BCUT2D eigenvalue weighted by Crippen LogP contribution is 2.25. The summed E-state index contributed by atoms with van der Waals surface area (Å²) >= 11 is 0. The summed E-state index contributed by atoms with van der Waals surface area (Å²) in [4.78, 5) is 19.5. The normalized spacial score (nSPS) is 17.3. The van der Waals surface area contributed by atoms with Crippen molar-refractivity contribution in [1.82, 2.24) is 4.90 Å². The molecular formula is C22H27N3O2. The smallest absolute Gasteiger partial charge is 0.254 e. The molecule has 27 heavy (non-hydrogen) atoms. The Hall–Kier alpha value is -2.69. The van der Waals surface area contributed by atoms with Crippen molar-refractivity contribution in [2.45, 2.75) is 12.8 Å². The molecule has 0 aliphatic carbocycles. The van der Waals surface area contributed by atoms with Crippen molar-refractivity contribution in [1.29, 1.82) is 0 Å². The number of hydrogen-bond acceptors (Lipinski definition) is 4. The van der Waals surface area contributed by atoms with Crippen molar-refractivity contribution >= 4 is 17.3 Å². The maximum Gasteiger partial charge on any atom is 0.254 e. The molecule has 0 aromatic heterocycles. The Kier molecular flexibility index (Phi) is 5.19. The molecule has 0 saturated carbocycles. The average molecular weight is 365 g/mol. The number of piperazine rings is 1. The van der Waals surface area contributed by atoms with Crippen LogP contribution >= 0.6 is 0 Å². The first-order valence-corrected chi connectivity index (χ1v) is 9.78. The maximum absolute atomic E-state index is 12.7. The van der Waals surface area contributed by atoms with Gasteiger partial charge in [0, 0.05) is 56.2 Å². The van der Waals surface area contributed by atoms with Gasteiger partial charge in [0.25, 0.3) is 5.91 Å². The van der Waals surface area contributed by atoms with Gasteiger partial charge in [0.2, 0.25) is 0 Å². The number of amides is 1. The van der Waals surface area contributed by atoms with Crippen LogP contribution in [0.5, 0.6) is 5.75 Å². The summed E-state index contributed by atoms with van der Waals surface area (Å²) in [6.07, 6.45) is 2.59. The lowest BCUT2D eigenvalue weighted by Gasteiger charge is -2.36. The Labute approximate surface area is 161 Å². The van der Waals surface area contributed by atoms with Gasteiger partial charge >= 0.3 is 0 Å². The van der Waals surface area contributed by atoms with Crippen molar-refractivity contribution in [3.63, 3.8) is 0 Å². The highest BCUT2D eigenvalue weighted by molar-refractivity contribution is 5.94. The molecule has 2 aliphatic heterocycles. The van der Waals surface area contributed by atoms with E-state index in [1.807, 2.05) is 29.2 Å². The van der Waals surface area contributed by atoms with E-state index in [-0.39, 0.29) is 5.91 Å². The molecule has 0 bridgehead atoms. The van der Waals surface area contributed by atoms with Crippen LogP contribution in [0.2, 0.25) is 0 Å². The number of methoxy groups -OCH3 is 1. The Balaban J connectivity index is 1.36. The molecule has 0 N–H and O–H groups in total. The summed E-state index contributed by atoms with van der Waals surface area (Å²) in [5.74, 6) is 0.801. The number of benzene rings is 2. The summed E-state index contributed by atoms with van der Waals surface area (Å²) in [6, 6.07) is 16.3. The van der Waals surface area contributed by atoms with Crippen LogP contribution in [-0.4, -0.2) is 57.2 Å². The van der Waals surface area contributed by atoms with Crippen LogP contribution in [0.3, 0.4) is 0 Å². The molecule has 2 aromatic rings. The third-order valence-corrected chi connectivity index (χ3v) is 5.57. The van der Waals surface area contributed by atoms with Crippen molar-refractivity contribution in [2.24, 2.45) is 0 Å². The fourth-order valence-electron chi connectivity index (χ4n) is 3.96. The van der Waals surface area contributed by atoms with E-state index in [4.69, 9.17) is 4.74 Å². The van der Waals surface area contributed by atoms with Crippen molar-refractivity contribution in [3.8, 4) is 5.75 Å². The number of carbonyl (C=O) groups is 1. The number of anilines is 2. The van der Waals surface area contributed by atoms with Crippen LogP contribution in [-0.2, 0) is 0 Å². The monoisotopic (exact) mass is 365 g/mol. The van der Waals surface area contributed by atoms with E-state index in [9.17, 15) is 4.79 Å². The molecule has 5 nitrogen and oxygen atoms in total. The van der Waals surface area contributed by atoms with Gasteiger partial charge in [0.05, 0.1) is 7.11 Å². The molecule has 5 heteroatoms. The van der Waals surface area contributed by atoms with Crippen LogP contribution in [0.25, 0.3) is 0 Å². The van der Waals surface area contributed by atoms with E-state index in [1.165, 1.54) is 37.3 Å². The zero-order valence-electron chi connectivity index (χ0n) is 15.9. The minimum atomic E-state index is 0.0814. The van der Waals surface area contributed by atoms with E-state index in [2.05, 4.69) is 34.1 Å². The van der Waals surface area contributed by atoms with E-state index in [1.54, 1.807) is 7.11 Å². The van der Waals surface area contributed by atoms with E-state index >= 15 is 0 Å². The van der Waals surface area contributed by atoms with Gasteiger partial charge in [0.15, 0.2) is 0 Å². The highest BCUT2D eigenvalue weighted by Gasteiger charge is 2.23. The number of hydrogen-bond donors (Lipinski definition) is 0. The predicted molar refractivity (Wildman–Crippen MR) is 109 cm³/mol. The van der Waals surface area contributed by atoms with Gasteiger partial charge in [-0.15, -0.1) is 0 Å². The third-order valence-electron chi connectivity index (χ3n) is 5.57. The number of carbonyl (C=O) groups excluding carboxylic acids is 1. The van der Waals surface area contributed by atoms with Gasteiger partial charge in [-0.25, -0.2) is 0 Å². The topological polar surface area (TPSA) is 36.0 Å². The largest absolute Gasteiger partial charge is 0.497 e. The van der Waals surface area contributed by atoms with Gasteiger partial charge in [-0.1, -0.05) is 6.07 Å². The van der Waals surface area contributed by atoms with E-state index in [0.29, 0.717) is 5.56 Å². The molecule has 0 radical (unpaired) electrons. The van der Waals surface area contributed by atoms with E-state index in [0.717, 1.165) is 31.9 Å². The van der Waals surface area contributed by atoms with Crippen LogP contribution in [0.1, 0.15) is 23.2 Å². The fourth-order valence-corrected chi connectivity index (χ4v) is 3.96. The van der Waals surface area contributed by atoms with Crippen molar-refractivity contribution in [3.05, 3.63) is 54.1 Å². The molecule has 0 atom stereocenters. The zero-order valence-corrected chi connectivity index (χ0v) is 15.9. The molecule has 4 rings (SSSR count). The number of rotatable bonds is 4. The zero-order chi connectivity index (χ0) is 18.6.